The Bertz CT molecular complexity index is 1190. The largest absolute Gasteiger partial charge is 0.481 e. The number of nitrogens with zero attached hydrogens (tertiary/aromatic N) is 2. The van der Waals surface area contributed by atoms with Crippen molar-refractivity contribution in [1.82, 2.24) is 9.80 Å². The number of aliphatic carboxylic acids is 1. The van der Waals surface area contributed by atoms with Gasteiger partial charge in [-0.1, -0.05) is 255 Å². The van der Waals surface area contributed by atoms with Crippen molar-refractivity contribution in [1.29, 1.82) is 0 Å². The minimum atomic E-state index is -1.00. The van der Waals surface area contributed by atoms with Crippen LogP contribution in [0.2, 0.25) is 0 Å². The summed E-state index contributed by atoms with van der Waals surface area (Å²) in [6.45, 7) is 6.98. The highest BCUT2D eigenvalue weighted by molar-refractivity contribution is 5.66. The summed E-state index contributed by atoms with van der Waals surface area (Å²) in [4.78, 5) is 25.6. The van der Waals surface area contributed by atoms with Crippen molar-refractivity contribution in [2.24, 2.45) is 11.8 Å². The van der Waals surface area contributed by atoms with Crippen molar-refractivity contribution in [3.05, 3.63) is 48.6 Å². The summed E-state index contributed by atoms with van der Waals surface area (Å²) in [7, 11) is 7.80. The third-order valence-corrected chi connectivity index (χ3v) is 14.5. The number of rotatable bonds is 56. The Morgan fingerprint density at radius 3 is 0.945 bits per heavy atom. The lowest BCUT2D eigenvalue weighted by Gasteiger charge is -2.19. The maximum atomic E-state index is 10.6. The molecule has 0 saturated heterocycles. The summed E-state index contributed by atoms with van der Waals surface area (Å²) >= 11 is 0. The fraction of sp³-hybridized carbons (Fsp3) is 0.851. The van der Waals surface area contributed by atoms with E-state index in [2.05, 4.69) is 100 Å². The van der Waals surface area contributed by atoms with Crippen LogP contribution in [0.4, 0.5) is 4.39 Å². The number of allylic oxidation sites excluding steroid dienone is 8. The van der Waals surface area contributed by atoms with Crippen molar-refractivity contribution in [3.63, 3.8) is 0 Å². The van der Waals surface area contributed by atoms with E-state index in [1.165, 1.54) is 264 Å². The normalized spacial score (nSPS) is 12.8. The Morgan fingerprint density at radius 2 is 0.671 bits per heavy atom. The highest BCUT2D eigenvalue weighted by atomic mass is 19.1. The summed E-state index contributed by atoms with van der Waals surface area (Å²) < 4.78 is 15.5. The van der Waals surface area contributed by atoms with Gasteiger partial charge in [-0.05, 0) is 143 Å². The molecule has 0 radical (unpaired) electrons. The monoisotopic (exact) mass is 1030 g/mol. The second-order valence-electron chi connectivity index (χ2n) is 22.3. The number of aldehydes is 1. The first-order chi connectivity index (χ1) is 36.2. The quantitative estimate of drug-likeness (QED) is 0.0374. The fourth-order valence-corrected chi connectivity index (χ4v) is 9.73. The first kappa shape index (κ1) is 73.0. The predicted molar refractivity (Wildman–Crippen MR) is 325 cm³/mol. The Balaban J connectivity index is -0.00000129. The molecule has 0 rings (SSSR count). The lowest BCUT2D eigenvalue weighted by Crippen LogP contribution is -2.17. The zero-order valence-electron chi connectivity index (χ0n) is 51.0. The van der Waals surface area contributed by atoms with Gasteiger partial charge in [0, 0.05) is 12.8 Å². The SMILES string of the molecule is CCCCC/C=C\C/C=C\CCCCCCCCCC(CCCCCCCCC(=O)O)CCN(C)C.CCCCC/C=C\C/C=C\CCCCCCCCCC(CCCCCCCCC=O)CCN(C)C.[2H]CF. The number of carbonyl (C=O) groups excluding carboxylic acids is 1. The van der Waals surface area contributed by atoms with Crippen LogP contribution in [0.15, 0.2) is 48.6 Å². The summed E-state index contributed by atoms with van der Waals surface area (Å²) in [6.07, 6.45) is 79.1. The number of hydrogen-bond acceptors (Lipinski definition) is 4. The fourth-order valence-electron chi connectivity index (χ4n) is 9.73. The molecule has 1 N–H and O–H groups in total. The molecule has 0 aromatic carbocycles. The molecule has 0 spiro atoms. The first-order valence-electron chi connectivity index (χ1n) is 32.3. The molecule has 432 valence electrons. The predicted octanol–water partition coefficient (Wildman–Crippen LogP) is 21.4. The van der Waals surface area contributed by atoms with Crippen molar-refractivity contribution < 1.29 is 20.5 Å². The summed E-state index contributed by atoms with van der Waals surface area (Å²) in [5, 5.41) is 8.71. The van der Waals surface area contributed by atoms with E-state index >= 15 is 0 Å². The van der Waals surface area contributed by atoms with Gasteiger partial charge >= 0.3 is 5.97 Å². The minimum absolute atomic E-state index is 0.335. The number of hydrogen-bond donors (Lipinski definition) is 1. The van der Waals surface area contributed by atoms with Gasteiger partial charge in [-0.25, -0.2) is 0 Å². The van der Waals surface area contributed by atoms with E-state index in [0.29, 0.717) is 6.42 Å². The van der Waals surface area contributed by atoms with Gasteiger partial charge in [0.1, 0.15) is 6.29 Å². The zero-order valence-corrected chi connectivity index (χ0v) is 50.0. The molecule has 6 heteroatoms. The molecular weight excluding hydrogens is 900 g/mol. The van der Waals surface area contributed by atoms with Crippen LogP contribution in [0.25, 0.3) is 0 Å². The molecule has 2 atom stereocenters. The molecule has 0 saturated carbocycles. The molecule has 0 aromatic rings. The van der Waals surface area contributed by atoms with E-state index in [1.807, 2.05) is 0 Å². The van der Waals surface area contributed by atoms with E-state index in [0.717, 1.165) is 56.6 Å². The van der Waals surface area contributed by atoms with E-state index in [-0.39, 0.29) is 0 Å². The second kappa shape index (κ2) is 68.0. The molecule has 0 aliphatic heterocycles. The van der Waals surface area contributed by atoms with Crippen molar-refractivity contribution >= 4 is 12.3 Å². The maximum Gasteiger partial charge on any atom is 0.303 e. The number of alkyl halides is 1. The lowest BCUT2D eigenvalue weighted by molar-refractivity contribution is -0.137. The molecule has 0 fully saturated rings. The maximum absolute atomic E-state index is 10.6. The van der Waals surface area contributed by atoms with E-state index in [9.17, 15) is 14.0 Å². The Morgan fingerprint density at radius 1 is 0.411 bits per heavy atom. The molecule has 0 bridgehead atoms. The lowest BCUT2D eigenvalue weighted by atomic mass is 9.91. The molecule has 73 heavy (non-hydrogen) atoms. The van der Waals surface area contributed by atoms with Crippen LogP contribution in [0.3, 0.4) is 0 Å². The highest BCUT2D eigenvalue weighted by Gasteiger charge is 2.11. The van der Waals surface area contributed by atoms with Gasteiger partial charge in [0.2, 0.25) is 0 Å². The van der Waals surface area contributed by atoms with Crippen LogP contribution in [-0.4, -0.2) is 75.6 Å². The number of halogens is 1. The smallest absolute Gasteiger partial charge is 0.303 e. The van der Waals surface area contributed by atoms with Gasteiger partial charge < -0.3 is 19.7 Å². The molecule has 0 aliphatic carbocycles. The Kier molecular flexibility index (Phi) is 68.0. The van der Waals surface area contributed by atoms with Gasteiger partial charge in [0.05, 0.1) is 8.52 Å². The van der Waals surface area contributed by atoms with Crippen LogP contribution >= 0.6 is 0 Å². The Labute approximate surface area is 458 Å². The van der Waals surface area contributed by atoms with E-state index in [4.69, 9.17) is 6.48 Å². The Hall–Kier alpha value is -2.05. The van der Waals surface area contributed by atoms with Gasteiger partial charge in [0.25, 0.3) is 0 Å². The van der Waals surface area contributed by atoms with Gasteiger partial charge in [-0.15, -0.1) is 0 Å². The third kappa shape index (κ3) is 72.1. The van der Waals surface area contributed by atoms with Gasteiger partial charge in [-0.3, -0.25) is 9.18 Å². The molecule has 0 amide bonds. The molecule has 0 heterocycles. The van der Waals surface area contributed by atoms with Crippen LogP contribution in [-0.2, 0) is 9.59 Å². The highest BCUT2D eigenvalue weighted by Crippen LogP contribution is 2.24. The van der Waals surface area contributed by atoms with Gasteiger partial charge in [-0.2, -0.15) is 0 Å². The minimum Gasteiger partial charge on any atom is -0.481 e. The molecule has 2 unspecified atom stereocenters. The van der Waals surface area contributed by atoms with Crippen molar-refractivity contribution in [2.45, 2.75) is 309 Å². The van der Waals surface area contributed by atoms with E-state index in [1.54, 1.807) is 0 Å². The second-order valence-corrected chi connectivity index (χ2v) is 22.3. The zero-order chi connectivity index (χ0) is 54.9. The molecular formula is C67H129FN2O3. The first-order valence-corrected chi connectivity index (χ1v) is 31.6. The summed E-state index contributed by atoms with van der Waals surface area (Å²) in [5.74, 6) is 1.15. The number of unbranched alkanes of at least 4 members (excludes halogenated alkanes) is 31. The van der Waals surface area contributed by atoms with Crippen LogP contribution in [0, 0.1) is 11.8 Å². The standard InChI is InChI=1S/C33H63NO2.C33H63NO.CH3F/c1-4-5-6-7-8-9-10-11-12-13-14-15-16-17-18-21-24-27-32(30-31-34(2)3)28-25-22-19-20-23-26-29-33(35)36;1-4-5-6-7-8-9-10-11-12-13-14-15-16-17-19-22-25-28-33(30-31-34(2)3)29-26-23-20-18-21-24-27-32-35;1-2/h8-9,11-12,32H,4-7,10,13-31H2,1-3H3,(H,35,36);8-9,11-12,32-33H,4-7,10,13-31H2,1-3H3;1H3/b2*9-8-,12-11-;/i;;1D. The number of carboxylic acids is 1. The average molecular weight is 1030 g/mol. The van der Waals surface area contributed by atoms with Crippen LogP contribution in [0.1, 0.15) is 311 Å². The molecule has 5 nitrogen and oxygen atoms in total. The van der Waals surface area contributed by atoms with E-state index < -0.39 is 13.1 Å². The third-order valence-electron chi connectivity index (χ3n) is 14.5. The number of carboxylic acid groups (broad SMARTS) is 1. The van der Waals surface area contributed by atoms with Crippen LogP contribution < -0.4 is 0 Å². The summed E-state index contributed by atoms with van der Waals surface area (Å²) in [6, 6.07) is 0. The molecule has 0 aliphatic rings. The van der Waals surface area contributed by atoms with Crippen molar-refractivity contribution in [3.8, 4) is 0 Å². The van der Waals surface area contributed by atoms with Gasteiger partial charge in [0.15, 0.2) is 0 Å². The van der Waals surface area contributed by atoms with Crippen LogP contribution in [0.5, 0.6) is 0 Å². The summed E-state index contributed by atoms with van der Waals surface area (Å²) in [5.41, 5.74) is 0. The number of carbonyl (C=O) groups is 2. The topological polar surface area (TPSA) is 60.9 Å². The molecule has 0 aromatic heterocycles. The average Bonchev–Trinajstić information content (AvgIpc) is 3.37. The van der Waals surface area contributed by atoms with Crippen molar-refractivity contribution in [2.75, 3.05) is 48.4 Å².